The predicted octanol–water partition coefficient (Wildman–Crippen LogP) is 2.79. The Kier molecular flexibility index (Phi) is 2.88. The Balaban J connectivity index is 2.10. The second-order valence-electron chi connectivity index (χ2n) is 3.19. The monoisotopic (exact) mass is 240 g/mol. The number of aromatic nitrogens is 2. The zero-order chi connectivity index (χ0) is 10.8. The fourth-order valence-corrected chi connectivity index (χ4v) is 2.19. The lowest BCUT2D eigenvalue weighted by Gasteiger charge is -1.97. The van der Waals surface area contributed by atoms with Crippen LogP contribution in [0.5, 0.6) is 0 Å². The van der Waals surface area contributed by atoms with Crippen molar-refractivity contribution in [1.82, 2.24) is 9.78 Å². The van der Waals surface area contributed by atoms with Gasteiger partial charge in [-0.25, -0.2) is 0 Å². The molecule has 0 N–H and O–H groups in total. The number of hydrogen-bond donors (Lipinski definition) is 0. The largest absolute Gasteiger partial charge is 0.291 e. The topological polar surface area (TPSA) is 34.9 Å². The van der Waals surface area contributed by atoms with E-state index in [1.807, 2.05) is 19.1 Å². The van der Waals surface area contributed by atoms with E-state index in [9.17, 15) is 4.79 Å². The van der Waals surface area contributed by atoms with Crippen LogP contribution in [0.4, 0.5) is 0 Å². The van der Waals surface area contributed by atoms with Crippen molar-refractivity contribution in [3.05, 3.63) is 39.3 Å². The first-order valence-electron chi connectivity index (χ1n) is 4.43. The highest BCUT2D eigenvalue weighted by Gasteiger charge is 2.09. The van der Waals surface area contributed by atoms with Crippen LogP contribution in [0.2, 0.25) is 5.02 Å². The molecule has 0 saturated heterocycles. The Morgan fingerprint density at radius 2 is 2.40 bits per heavy atom. The van der Waals surface area contributed by atoms with Crippen molar-refractivity contribution < 1.29 is 4.79 Å². The van der Waals surface area contributed by atoms with E-state index in [0.717, 1.165) is 9.75 Å². The smallest absolute Gasteiger partial charge is 0.194 e. The standard InChI is InChI=1S/C10H9ClN2OS/c1-7-2-3-10(15-7)9(14)6-13-5-8(11)4-12-13/h2-5H,6H2,1H3. The van der Waals surface area contributed by atoms with Crippen molar-refractivity contribution >= 4 is 28.7 Å². The molecule has 0 fully saturated rings. The van der Waals surface area contributed by atoms with Gasteiger partial charge in [-0.1, -0.05) is 11.6 Å². The van der Waals surface area contributed by atoms with Crippen LogP contribution in [-0.4, -0.2) is 15.6 Å². The van der Waals surface area contributed by atoms with Crippen LogP contribution in [0.1, 0.15) is 14.5 Å². The molecule has 0 spiro atoms. The number of carbonyl (C=O) groups is 1. The fourth-order valence-electron chi connectivity index (χ4n) is 1.23. The van der Waals surface area contributed by atoms with Crippen LogP contribution >= 0.6 is 22.9 Å². The lowest BCUT2D eigenvalue weighted by Crippen LogP contribution is -2.09. The Morgan fingerprint density at radius 3 is 2.93 bits per heavy atom. The second-order valence-corrected chi connectivity index (χ2v) is 4.91. The maximum Gasteiger partial charge on any atom is 0.194 e. The van der Waals surface area contributed by atoms with E-state index < -0.39 is 0 Å². The summed E-state index contributed by atoms with van der Waals surface area (Å²) in [6, 6.07) is 3.78. The minimum atomic E-state index is 0.0628. The molecule has 0 atom stereocenters. The van der Waals surface area contributed by atoms with E-state index in [0.29, 0.717) is 5.02 Å². The summed E-state index contributed by atoms with van der Waals surface area (Å²) in [5, 5.41) is 4.50. The molecule has 0 radical (unpaired) electrons. The second kappa shape index (κ2) is 4.16. The SMILES string of the molecule is Cc1ccc(C(=O)Cn2cc(Cl)cn2)s1. The third-order valence-corrected chi connectivity index (χ3v) is 3.16. The van der Waals surface area contributed by atoms with Crippen LogP contribution < -0.4 is 0 Å². The van der Waals surface area contributed by atoms with Gasteiger partial charge in [0.15, 0.2) is 5.78 Å². The highest BCUT2D eigenvalue weighted by molar-refractivity contribution is 7.14. The lowest BCUT2D eigenvalue weighted by molar-refractivity contribution is 0.0971. The summed E-state index contributed by atoms with van der Waals surface area (Å²) in [7, 11) is 0. The van der Waals surface area contributed by atoms with Gasteiger partial charge in [0.05, 0.1) is 16.1 Å². The summed E-state index contributed by atoms with van der Waals surface area (Å²) in [4.78, 5) is 13.6. The van der Waals surface area contributed by atoms with E-state index in [1.165, 1.54) is 17.5 Å². The molecule has 0 unspecified atom stereocenters. The number of nitrogens with zero attached hydrogens (tertiary/aromatic N) is 2. The zero-order valence-corrected chi connectivity index (χ0v) is 9.68. The molecule has 0 saturated carbocycles. The first-order valence-corrected chi connectivity index (χ1v) is 5.62. The van der Waals surface area contributed by atoms with Crippen LogP contribution in [0.25, 0.3) is 0 Å². The lowest BCUT2D eigenvalue weighted by atomic mass is 10.3. The van der Waals surface area contributed by atoms with Gasteiger partial charge in [0.25, 0.3) is 0 Å². The number of Topliss-reactive ketones (excluding diaryl/α,β-unsaturated/α-hetero) is 1. The van der Waals surface area contributed by atoms with Crippen LogP contribution in [0, 0.1) is 6.92 Å². The average molecular weight is 241 g/mol. The van der Waals surface area contributed by atoms with Gasteiger partial charge in [-0.15, -0.1) is 11.3 Å². The predicted molar refractivity (Wildman–Crippen MR) is 60.6 cm³/mol. The number of ketones is 1. The van der Waals surface area contributed by atoms with Crippen molar-refractivity contribution in [3.63, 3.8) is 0 Å². The third kappa shape index (κ3) is 2.46. The summed E-state index contributed by atoms with van der Waals surface area (Å²) in [6.07, 6.45) is 3.16. The maximum atomic E-state index is 11.7. The highest BCUT2D eigenvalue weighted by Crippen LogP contribution is 2.16. The van der Waals surface area contributed by atoms with E-state index in [2.05, 4.69) is 5.10 Å². The van der Waals surface area contributed by atoms with Crippen molar-refractivity contribution in [2.24, 2.45) is 0 Å². The summed E-state index contributed by atoms with van der Waals surface area (Å²) in [5.74, 6) is 0.0628. The average Bonchev–Trinajstić information content (AvgIpc) is 2.75. The maximum absolute atomic E-state index is 11.7. The molecule has 2 aromatic heterocycles. The molecule has 3 nitrogen and oxygen atoms in total. The molecule has 0 amide bonds. The van der Waals surface area contributed by atoms with Gasteiger partial charge in [-0.2, -0.15) is 5.10 Å². The number of halogens is 1. The fraction of sp³-hybridized carbons (Fsp3) is 0.200. The first-order chi connectivity index (χ1) is 7.15. The molecule has 5 heteroatoms. The first kappa shape index (κ1) is 10.4. The molecule has 0 aliphatic carbocycles. The number of hydrogen-bond acceptors (Lipinski definition) is 3. The summed E-state index contributed by atoms with van der Waals surface area (Å²) < 4.78 is 1.54. The molecular weight excluding hydrogens is 232 g/mol. The molecule has 0 aromatic carbocycles. The van der Waals surface area contributed by atoms with Crippen molar-refractivity contribution in [2.45, 2.75) is 13.5 Å². The van der Waals surface area contributed by atoms with Gasteiger partial charge in [0.2, 0.25) is 0 Å². The Labute approximate surface area is 96.3 Å². The molecule has 0 aliphatic rings. The van der Waals surface area contributed by atoms with E-state index in [1.54, 1.807) is 10.9 Å². The van der Waals surface area contributed by atoms with E-state index >= 15 is 0 Å². The third-order valence-electron chi connectivity index (χ3n) is 1.92. The summed E-state index contributed by atoms with van der Waals surface area (Å²) >= 11 is 7.20. The van der Waals surface area contributed by atoms with Crippen molar-refractivity contribution in [1.29, 1.82) is 0 Å². The number of thiophene rings is 1. The van der Waals surface area contributed by atoms with Crippen molar-refractivity contribution in [3.8, 4) is 0 Å². The van der Waals surface area contributed by atoms with Gasteiger partial charge in [-0.3, -0.25) is 9.48 Å². The van der Waals surface area contributed by atoms with Gasteiger partial charge >= 0.3 is 0 Å². The quantitative estimate of drug-likeness (QED) is 0.774. The van der Waals surface area contributed by atoms with Gasteiger partial charge < -0.3 is 0 Å². The number of aryl methyl sites for hydroxylation is 1. The number of rotatable bonds is 3. The molecule has 2 heterocycles. The van der Waals surface area contributed by atoms with Crippen LogP contribution in [0.15, 0.2) is 24.5 Å². The highest BCUT2D eigenvalue weighted by atomic mass is 35.5. The van der Waals surface area contributed by atoms with Crippen molar-refractivity contribution in [2.75, 3.05) is 0 Å². The van der Waals surface area contributed by atoms with Crippen LogP contribution in [-0.2, 0) is 6.54 Å². The molecular formula is C10H9ClN2OS. The minimum absolute atomic E-state index is 0.0628. The van der Waals surface area contributed by atoms with Crippen LogP contribution in [0.3, 0.4) is 0 Å². The Hall–Kier alpha value is -1.13. The van der Waals surface area contributed by atoms with E-state index in [-0.39, 0.29) is 12.3 Å². The Bertz CT molecular complexity index is 489. The van der Waals surface area contributed by atoms with Gasteiger partial charge in [0.1, 0.15) is 6.54 Å². The zero-order valence-electron chi connectivity index (χ0n) is 8.11. The summed E-state index contributed by atoms with van der Waals surface area (Å²) in [6.45, 7) is 2.22. The molecule has 2 aromatic rings. The molecule has 0 bridgehead atoms. The van der Waals surface area contributed by atoms with E-state index in [4.69, 9.17) is 11.6 Å². The molecule has 15 heavy (non-hydrogen) atoms. The molecule has 78 valence electrons. The van der Waals surface area contributed by atoms with Gasteiger partial charge in [0, 0.05) is 11.1 Å². The summed E-state index contributed by atoms with van der Waals surface area (Å²) in [5.41, 5.74) is 0. The van der Waals surface area contributed by atoms with Gasteiger partial charge in [-0.05, 0) is 19.1 Å². The molecule has 2 rings (SSSR count). The molecule has 0 aliphatic heterocycles. The number of carbonyl (C=O) groups excluding carboxylic acids is 1. The Morgan fingerprint density at radius 1 is 1.60 bits per heavy atom. The normalized spacial score (nSPS) is 10.5. The minimum Gasteiger partial charge on any atom is -0.291 e.